The SMILES string of the molecule is Cc1cc(Cl)c(C)c(S(=O)(=O)N2CC[C@@H](O)C2)c1Cl. The van der Waals surface area contributed by atoms with E-state index in [9.17, 15) is 13.5 Å². The second-order valence-corrected chi connectivity index (χ2v) is 7.41. The molecule has 1 saturated heterocycles. The molecule has 0 spiro atoms. The molecule has 4 nitrogen and oxygen atoms in total. The van der Waals surface area contributed by atoms with Crippen molar-refractivity contribution in [2.75, 3.05) is 13.1 Å². The first-order chi connectivity index (χ1) is 8.75. The Bertz CT molecular complexity index is 590. The monoisotopic (exact) mass is 323 g/mol. The smallest absolute Gasteiger partial charge is 0.244 e. The van der Waals surface area contributed by atoms with Crippen molar-refractivity contribution < 1.29 is 13.5 Å². The summed E-state index contributed by atoms with van der Waals surface area (Å²) in [6, 6.07) is 1.65. The number of hydrogen-bond acceptors (Lipinski definition) is 3. The predicted octanol–water partition coefficient (Wildman–Crippen LogP) is 2.37. The van der Waals surface area contributed by atoms with Gasteiger partial charge in [-0.15, -0.1) is 0 Å². The van der Waals surface area contributed by atoms with Gasteiger partial charge < -0.3 is 5.11 Å². The second-order valence-electron chi connectivity index (χ2n) is 4.75. The van der Waals surface area contributed by atoms with Crippen LogP contribution in [-0.2, 0) is 10.0 Å². The van der Waals surface area contributed by atoms with Crippen LogP contribution in [0.3, 0.4) is 0 Å². The van der Waals surface area contributed by atoms with Gasteiger partial charge in [0.25, 0.3) is 0 Å². The average Bonchev–Trinajstić information content (AvgIpc) is 2.74. The summed E-state index contributed by atoms with van der Waals surface area (Å²) in [4.78, 5) is 0.0493. The minimum atomic E-state index is -3.72. The van der Waals surface area contributed by atoms with Crippen molar-refractivity contribution in [3.8, 4) is 0 Å². The zero-order valence-corrected chi connectivity index (χ0v) is 13.0. The lowest BCUT2D eigenvalue weighted by Gasteiger charge is -2.20. The Kier molecular flexibility index (Phi) is 4.14. The third-order valence-electron chi connectivity index (χ3n) is 3.31. The van der Waals surface area contributed by atoms with Gasteiger partial charge in [0.05, 0.1) is 11.1 Å². The summed E-state index contributed by atoms with van der Waals surface area (Å²) in [7, 11) is -3.72. The van der Waals surface area contributed by atoms with Crippen molar-refractivity contribution in [3.05, 3.63) is 27.2 Å². The van der Waals surface area contributed by atoms with Gasteiger partial charge in [-0.3, -0.25) is 0 Å². The number of aryl methyl sites for hydroxylation is 1. The third kappa shape index (κ3) is 2.62. The van der Waals surface area contributed by atoms with Crippen molar-refractivity contribution >= 4 is 33.2 Å². The molecule has 1 aliphatic rings. The van der Waals surface area contributed by atoms with Crippen molar-refractivity contribution in [1.82, 2.24) is 4.31 Å². The Balaban J connectivity index is 2.58. The van der Waals surface area contributed by atoms with Crippen LogP contribution in [0.15, 0.2) is 11.0 Å². The molecule has 1 aromatic rings. The van der Waals surface area contributed by atoms with Crippen LogP contribution < -0.4 is 0 Å². The molecule has 0 aliphatic carbocycles. The van der Waals surface area contributed by atoms with Crippen LogP contribution in [0.25, 0.3) is 0 Å². The van der Waals surface area contributed by atoms with E-state index < -0.39 is 16.1 Å². The fourth-order valence-corrected chi connectivity index (χ4v) is 4.84. The Morgan fingerprint density at radius 3 is 2.53 bits per heavy atom. The summed E-state index contributed by atoms with van der Waals surface area (Å²) in [5, 5.41) is 10.1. The molecule has 7 heteroatoms. The number of rotatable bonds is 2. The van der Waals surface area contributed by atoms with Gasteiger partial charge in [0.1, 0.15) is 4.90 Å². The molecule has 1 N–H and O–H groups in total. The first-order valence-electron chi connectivity index (χ1n) is 5.88. The highest BCUT2D eigenvalue weighted by molar-refractivity contribution is 7.89. The topological polar surface area (TPSA) is 57.6 Å². The number of sulfonamides is 1. The van der Waals surface area contributed by atoms with E-state index in [1.807, 2.05) is 0 Å². The summed E-state index contributed by atoms with van der Waals surface area (Å²) >= 11 is 12.2. The summed E-state index contributed by atoms with van der Waals surface area (Å²) < 4.78 is 26.4. The maximum atomic E-state index is 12.6. The maximum absolute atomic E-state index is 12.6. The number of hydrogen-bond donors (Lipinski definition) is 1. The standard InChI is InChI=1S/C12H15Cl2NO3S/c1-7-5-10(13)8(2)12(11(7)14)19(17,18)15-4-3-9(16)6-15/h5,9,16H,3-4,6H2,1-2H3/t9-/m1/s1. The number of β-amino-alcohol motifs (C(OH)–C–C–N with tert-alkyl or cyclic N) is 1. The zero-order chi connectivity index (χ0) is 14.4. The van der Waals surface area contributed by atoms with Gasteiger partial charge in [-0.1, -0.05) is 23.2 Å². The molecule has 1 fully saturated rings. The molecule has 1 aromatic carbocycles. The quantitative estimate of drug-likeness (QED) is 0.909. The number of halogens is 2. The number of aliphatic hydroxyl groups is 1. The second kappa shape index (κ2) is 5.22. The van der Waals surface area contributed by atoms with Crippen LogP contribution in [0, 0.1) is 13.8 Å². The number of aliphatic hydroxyl groups excluding tert-OH is 1. The van der Waals surface area contributed by atoms with Gasteiger partial charge in [0.2, 0.25) is 10.0 Å². The lowest BCUT2D eigenvalue weighted by atomic mass is 10.2. The zero-order valence-electron chi connectivity index (χ0n) is 10.7. The first kappa shape index (κ1) is 15.1. The molecule has 0 amide bonds. The summed E-state index contributed by atoms with van der Waals surface area (Å²) in [5.74, 6) is 0. The first-order valence-corrected chi connectivity index (χ1v) is 8.08. The molecule has 1 atom stereocenters. The molecule has 1 aliphatic heterocycles. The summed E-state index contributed by atoms with van der Waals surface area (Å²) in [5.41, 5.74) is 1.06. The van der Waals surface area contributed by atoms with E-state index in [0.29, 0.717) is 29.1 Å². The van der Waals surface area contributed by atoms with E-state index in [1.54, 1.807) is 19.9 Å². The van der Waals surface area contributed by atoms with Crippen molar-refractivity contribution in [1.29, 1.82) is 0 Å². The van der Waals surface area contributed by atoms with E-state index >= 15 is 0 Å². The lowest BCUT2D eigenvalue weighted by molar-refractivity contribution is 0.189. The highest BCUT2D eigenvalue weighted by Crippen LogP contribution is 2.35. The van der Waals surface area contributed by atoms with Crippen LogP contribution in [0.5, 0.6) is 0 Å². The minimum absolute atomic E-state index is 0.0493. The van der Waals surface area contributed by atoms with Crippen molar-refractivity contribution in [2.24, 2.45) is 0 Å². The van der Waals surface area contributed by atoms with E-state index in [1.165, 1.54) is 4.31 Å². The molecule has 106 valence electrons. The molecular weight excluding hydrogens is 309 g/mol. The molecule has 1 heterocycles. The molecular formula is C12H15Cl2NO3S. The van der Waals surface area contributed by atoms with Crippen LogP contribution in [-0.4, -0.2) is 37.0 Å². The fourth-order valence-electron chi connectivity index (χ4n) is 2.18. The maximum Gasteiger partial charge on any atom is 0.244 e. The minimum Gasteiger partial charge on any atom is -0.392 e. The Morgan fingerprint density at radius 2 is 2.00 bits per heavy atom. The Morgan fingerprint density at radius 1 is 1.37 bits per heavy atom. The fraction of sp³-hybridized carbons (Fsp3) is 0.500. The third-order valence-corrected chi connectivity index (χ3v) is 6.34. The average molecular weight is 324 g/mol. The molecule has 19 heavy (non-hydrogen) atoms. The van der Waals surface area contributed by atoms with Gasteiger partial charge in [-0.2, -0.15) is 4.31 Å². The largest absolute Gasteiger partial charge is 0.392 e. The molecule has 0 aromatic heterocycles. The predicted molar refractivity (Wildman–Crippen MR) is 75.3 cm³/mol. The molecule has 0 bridgehead atoms. The van der Waals surface area contributed by atoms with E-state index in [4.69, 9.17) is 23.2 Å². The van der Waals surface area contributed by atoms with Crippen LogP contribution in [0.1, 0.15) is 17.5 Å². The van der Waals surface area contributed by atoms with E-state index in [0.717, 1.165) is 0 Å². The van der Waals surface area contributed by atoms with Gasteiger partial charge >= 0.3 is 0 Å². The highest BCUT2D eigenvalue weighted by atomic mass is 35.5. The van der Waals surface area contributed by atoms with Crippen molar-refractivity contribution in [2.45, 2.75) is 31.3 Å². The highest BCUT2D eigenvalue weighted by Gasteiger charge is 2.34. The van der Waals surface area contributed by atoms with E-state index in [-0.39, 0.29) is 16.5 Å². The van der Waals surface area contributed by atoms with Crippen LogP contribution in [0.2, 0.25) is 10.0 Å². The molecule has 0 radical (unpaired) electrons. The number of nitrogens with zero attached hydrogens (tertiary/aromatic N) is 1. The van der Waals surface area contributed by atoms with Gasteiger partial charge in [0.15, 0.2) is 0 Å². The van der Waals surface area contributed by atoms with E-state index in [2.05, 4.69) is 0 Å². The van der Waals surface area contributed by atoms with Crippen LogP contribution >= 0.6 is 23.2 Å². The normalized spacial score (nSPS) is 21.0. The van der Waals surface area contributed by atoms with Gasteiger partial charge in [0, 0.05) is 18.1 Å². The number of benzene rings is 1. The molecule has 0 unspecified atom stereocenters. The lowest BCUT2D eigenvalue weighted by Crippen LogP contribution is -2.30. The van der Waals surface area contributed by atoms with Gasteiger partial charge in [-0.05, 0) is 37.5 Å². The summed E-state index contributed by atoms with van der Waals surface area (Å²) in [6.45, 7) is 3.74. The molecule has 0 saturated carbocycles. The Hall–Kier alpha value is -0.330. The Labute approximate surface area is 123 Å². The van der Waals surface area contributed by atoms with Crippen molar-refractivity contribution in [3.63, 3.8) is 0 Å². The summed E-state index contributed by atoms with van der Waals surface area (Å²) in [6.07, 6.45) is -0.177. The molecule has 2 rings (SSSR count). The van der Waals surface area contributed by atoms with Gasteiger partial charge in [-0.25, -0.2) is 8.42 Å². The van der Waals surface area contributed by atoms with Crippen LogP contribution in [0.4, 0.5) is 0 Å².